The Labute approximate surface area is 92.1 Å². The van der Waals surface area contributed by atoms with Crippen molar-refractivity contribution >= 4 is 0 Å². The number of aliphatic hydroxyl groups is 1. The van der Waals surface area contributed by atoms with Crippen LogP contribution in [0.1, 0.15) is 23.5 Å². The molecule has 1 unspecified atom stereocenters. The van der Waals surface area contributed by atoms with Crippen molar-refractivity contribution < 1.29 is 9.63 Å². The fraction of sp³-hybridized carbons (Fsp3) is 0.300. The predicted molar refractivity (Wildman–Crippen MR) is 55.4 cm³/mol. The van der Waals surface area contributed by atoms with Crippen molar-refractivity contribution in [2.24, 2.45) is 5.73 Å². The Kier molecular flexibility index (Phi) is 3.23. The van der Waals surface area contributed by atoms with Crippen LogP contribution in [0.2, 0.25) is 0 Å². The number of aromatic nitrogens is 3. The summed E-state index contributed by atoms with van der Waals surface area (Å²) in [5, 5.41) is 13.1. The average molecular weight is 220 g/mol. The molecule has 2 rings (SSSR count). The summed E-state index contributed by atoms with van der Waals surface area (Å²) in [6.07, 6.45) is 1.28. The number of hydrogen-bond donors (Lipinski definition) is 2. The molecule has 16 heavy (non-hydrogen) atoms. The number of rotatable bonds is 4. The monoisotopic (exact) mass is 220 g/mol. The van der Waals surface area contributed by atoms with Gasteiger partial charge in [-0.15, -0.1) is 0 Å². The van der Waals surface area contributed by atoms with E-state index < -0.39 is 6.10 Å². The molecule has 2 aromatic rings. The van der Waals surface area contributed by atoms with Crippen LogP contribution in [0.3, 0.4) is 0 Å². The molecule has 0 fully saturated rings. The van der Waals surface area contributed by atoms with Gasteiger partial charge in [0, 0.05) is 18.4 Å². The Hall–Kier alpha value is -1.79. The van der Waals surface area contributed by atoms with Crippen molar-refractivity contribution in [2.45, 2.75) is 12.5 Å². The van der Waals surface area contributed by atoms with Gasteiger partial charge >= 0.3 is 0 Å². The van der Waals surface area contributed by atoms with Gasteiger partial charge in [0.2, 0.25) is 0 Å². The lowest BCUT2D eigenvalue weighted by atomic mass is 10.2. The van der Waals surface area contributed by atoms with Crippen molar-refractivity contribution in [2.75, 3.05) is 6.54 Å². The van der Waals surface area contributed by atoms with Crippen molar-refractivity contribution in [3.63, 3.8) is 0 Å². The first-order valence-electron chi connectivity index (χ1n) is 4.90. The molecule has 3 N–H and O–H groups in total. The summed E-state index contributed by atoms with van der Waals surface area (Å²) in [5.74, 6) is 0.634. The van der Waals surface area contributed by atoms with Crippen LogP contribution in [0, 0.1) is 0 Å². The van der Waals surface area contributed by atoms with E-state index in [4.69, 9.17) is 10.3 Å². The molecule has 1 atom stereocenters. The van der Waals surface area contributed by atoms with Gasteiger partial charge in [-0.2, -0.15) is 4.98 Å². The quantitative estimate of drug-likeness (QED) is 0.755. The Balaban J connectivity index is 2.09. The molecule has 0 aliphatic carbocycles. The molecule has 0 aliphatic heterocycles. The highest BCUT2D eigenvalue weighted by molar-refractivity contribution is 5.09. The van der Waals surface area contributed by atoms with Gasteiger partial charge in [-0.25, -0.2) is 0 Å². The van der Waals surface area contributed by atoms with Gasteiger partial charge in [0.1, 0.15) is 6.10 Å². The molecule has 0 spiro atoms. The minimum absolute atomic E-state index is 0.0607. The Bertz CT molecular complexity index is 443. The molecule has 6 nitrogen and oxygen atoms in total. The summed E-state index contributed by atoms with van der Waals surface area (Å²) in [6.45, 7) is 0.0607. The Morgan fingerprint density at radius 3 is 3.00 bits per heavy atom. The highest BCUT2D eigenvalue weighted by Gasteiger charge is 2.14. The van der Waals surface area contributed by atoms with Crippen molar-refractivity contribution in [1.82, 2.24) is 15.1 Å². The SMILES string of the molecule is NCC(O)c1nc(Cc2ccccn2)no1. The molecule has 6 heteroatoms. The summed E-state index contributed by atoms with van der Waals surface area (Å²) >= 11 is 0. The first-order chi connectivity index (χ1) is 7.79. The largest absolute Gasteiger partial charge is 0.382 e. The second-order valence-electron chi connectivity index (χ2n) is 3.30. The fourth-order valence-corrected chi connectivity index (χ4v) is 1.24. The van der Waals surface area contributed by atoms with E-state index in [1.54, 1.807) is 6.20 Å². The van der Waals surface area contributed by atoms with Gasteiger partial charge in [-0.3, -0.25) is 4.98 Å². The number of nitrogens with two attached hydrogens (primary N) is 1. The minimum Gasteiger partial charge on any atom is -0.382 e. The lowest BCUT2D eigenvalue weighted by Crippen LogP contribution is -2.11. The summed E-state index contributed by atoms with van der Waals surface area (Å²) in [6, 6.07) is 5.59. The Morgan fingerprint density at radius 1 is 1.44 bits per heavy atom. The lowest BCUT2D eigenvalue weighted by Gasteiger charge is -1.98. The zero-order valence-electron chi connectivity index (χ0n) is 8.58. The van der Waals surface area contributed by atoms with E-state index in [0.717, 1.165) is 5.69 Å². The van der Waals surface area contributed by atoms with Crippen LogP contribution in [0.15, 0.2) is 28.9 Å². The molecular weight excluding hydrogens is 208 g/mol. The van der Waals surface area contributed by atoms with Gasteiger partial charge < -0.3 is 15.4 Å². The zero-order valence-corrected chi connectivity index (χ0v) is 8.58. The van der Waals surface area contributed by atoms with Crippen LogP contribution < -0.4 is 5.73 Å². The number of pyridine rings is 1. The van der Waals surface area contributed by atoms with Crippen LogP contribution in [0.5, 0.6) is 0 Å². The maximum absolute atomic E-state index is 9.37. The van der Waals surface area contributed by atoms with Gasteiger partial charge in [-0.05, 0) is 12.1 Å². The normalized spacial score (nSPS) is 12.6. The maximum Gasteiger partial charge on any atom is 0.256 e. The fourth-order valence-electron chi connectivity index (χ4n) is 1.24. The highest BCUT2D eigenvalue weighted by Crippen LogP contribution is 2.10. The molecule has 2 heterocycles. The van der Waals surface area contributed by atoms with Crippen LogP contribution in [0.4, 0.5) is 0 Å². The van der Waals surface area contributed by atoms with Crippen LogP contribution in [0.25, 0.3) is 0 Å². The van der Waals surface area contributed by atoms with E-state index in [2.05, 4.69) is 15.1 Å². The van der Waals surface area contributed by atoms with Crippen molar-refractivity contribution in [3.8, 4) is 0 Å². The van der Waals surface area contributed by atoms with Crippen molar-refractivity contribution in [3.05, 3.63) is 41.8 Å². The van der Waals surface area contributed by atoms with Gasteiger partial charge in [0.15, 0.2) is 5.82 Å². The van der Waals surface area contributed by atoms with Crippen LogP contribution >= 0.6 is 0 Å². The third-order valence-corrected chi connectivity index (χ3v) is 2.06. The van der Waals surface area contributed by atoms with E-state index in [0.29, 0.717) is 12.2 Å². The van der Waals surface area contributed by atoms with E-state index in [1.165, 1.54) is 0 Å². The average Bonchev–Trinajstić information content (AvgIpc) is 2.78. The van der Waals surface area contributed by atoms with Gasteiger partial charge in [0.05, 0.1) is 6.42 Å². The van der Waals surface area contributed by atoms with E-state index >= 15 is 0 Å². The molecule has 2 aromatic heterocycles. The van der Waals surface area contributed by atoms with E-state index in [1.807, 2.05) is 18.2 Å². The van der Waals surface area contributed by atoms with Crippen LogP contribution in [-0.2, 0) is 6.42 Å². The van der Waals surface area contributed by atoms with Gasteiger partial charge in [0.25, 0.3) is 5.89 Å². The van der Waals surface area contributed by atoms with E-state index in [-0.39, 0.29) is 12.4 Å². The smallest absolute Gasteiger partial charge is 0.256 e. The number of hydrogen-bond acceptors (Lipinski definition) is 6. The summed E-state index contributed by atoms with van der Waals surface area (Å²) in [5.41, 5.74) is 6.12. The maximum atomic E-state index is 9.37. The molecule has 0 aliphatic rings. The molecule has 0 bridgehead atoms. The summed E-state index contributed by atoms with van der Waals surface area (Å²) in [4.78, 5) is 8.17. The first kappa shape index (κ1) is 10.7. The summed E-state index contributed by atoms with van der Waals surface area (Å²) < 4.78 is 4.87. The zero-order chi connectivity index (χ0) is 11.4. The lowest BCUT2D eigenvalue weighted by molar-refractivity contribution is 0.141. The molecule has 0 radical (unpaired) electrons. The Morgan fingerprint density at radius 2 is 2.31 bits per heavy atom. The van der Waals surface area contributed by atoms with E-state index in [9.17, 15) is 5.11 Å². The second-order valence-corrected chi connectivity index (χ2v) is 3.30. The van der Waals surface area contributed by atoms with Gasteiger partial charge in [-0.1, -0.05) is 11.2 Å². The molecule has 84 valence electrons. The topological polar surface area (TPSA) is 98.1 Å². The molecule has 0 saturated carbocycles. The second kappa shape index (κ2) is 4.82. The molecular formula is C10H12N4O2. The molecule has 0 aromatic carbocycles. The molecule has 0 amide bonds. The summed E-state index contributed by atoms with van der Waals surface area (Å²) in [7, 11) is 0. The number of nitrogens with zero attached hydrogens (tertiary/aromatic N) is 3. The standard InChI is InChI=1S/C10H12N4O2/c11-6-8(15)10-13-9(14-16-10)5-7-3-1-2-4-12-7/h1-4,8,15H,5-6,11H2. The number of aliphatic hydroxyl groups excluding tert-OH is 1. The highest BCUT2D eigenvalue weighted by atomic mass is 16.5. The molecule has 0 saturated heterocycles. The van der Waals surface area contributed by atoms with Crippen molar-refractivity contribution in [1.29, 1.82) is 0 Å². The van der Waals surface area contributed by atoms with Crippen LogP contribution in [-0.4, -0.2) is 26.8 Å². The first-order valence-corrected chi connectivity index (χ1v) is 4.90. The minimum atomic E-state index is -0.898. The third-order valence-electron chi connectivity index (χ3n) is 2.06. The predicted octanol–water partition coefficient (Wildman–Crippen LogP) is 0.0475. The third kappa shape index (κ3) is 2.41.